The van der Waals surface area contributed by atoms with Gasteiger partial charge in [0.25, 0.3) is 0 Å². The molecule has 5 heteroatoms. The zero-order chi connectivity index (χ0) is 14.1. The second kappa shape index (κ2) is 5.17. The van der Waals surface area contributed by atoms with E-state index in [1.54, 1.807) is 17.8 Å². The number of carboxylic acids is 1. The van der Waals surface area contributed by atoms with E-state index in [9.17, 15) is 14.7 Å². The van der Waals surface area contributed by atoms with Gasteiger partial charge in [0.05, 0.1) is 11.8 Å². The van der Waals surface area contributed by atoms with Crippen LogP contribution in [0.3, 0.4) is 0 Å². The van der Waals surface area contributed by atoms with E-state index in [2.05, 4.69) is 0 Å². The van der Waals surface area contributed by atoms with Gasteiger partial charge in [0.15, 0.2) is 0 Å². The van der Waals surface area contributed by atoms with Gasteiger partial charge in [0.1, 0.15) is 5.70 Å². The van der Waals surface area contributed by atoms with Crippen molar-refractivity contribution in [1.29, 1.82) is 0 Å². The van der Waals surface area contributed by atoms with Crippen molar-refractivity contribution < 1.29 is 14.7 Å². The average molecular weight is 287 g/mol. The molecule has 0 aliphatic carbocycles. The number of fused-ring (bicyclic) bond motifs is 1. The smallest absolute Gasteiger partial charge is 0.352 e. The molecule has 1 N–H and O–H groups in total. The Bertz CT molecular complexity index is 621. The lowest BCUT2D eigenvalue weighted by atomic mass is 10.1. The molecular weight excluding hydrogens is 274 g/mol. The fourth-order valence-corrected chi connectivity index (χ4v) is 3.56. The van der Waals surface area contributed by atoms with E-state index in [0.29, 0.717) is 17.7 Å². The Morgan fingerprint density at radius 3 is 2.70 bits per heavy atom. The van der Waals surface area contributed by atoms with Crippen LogP contribution in [-0.2, 0) is 9.59 Å². The number of rotatable bonds is 3. The second-order valence-corrected chi connectivity index (χ2v) is 5.82. The Balaban J connectivity index is 1.93. The molecule has 1 aromatic carbocycles. The number of hydrogen-bond acceptors (Lipinski definition) is 3. The lowest BCUT2D eigenvalue weighted by molar-refractivity contribution is -0.146. The Hall–Kier alpha value is -2.01. The summed E-state index contributed by atoms with van der Waals surface area (Å²) in [4.78, 5) is 24.4. The largest absolute Gasteiger partial charge is 0.477 e. The van der Waals surface area contributed by atoms with Crippen LogP contribution in [0.15, 0.2) is 47.7 Å². The van der Waals surface area contributed by atoms with Gasteiger partial charge in [-0.05, 0) is 11.1 Å². The summed E-state index contributed by atoms with van der Waals surface area (Å²) in [6.45, 7) is 0. The number of hydrogen-bond donors (Lipinski definition) is 1. The van der Waals surface area contributed by atoms with E-state index in [1.807, 2.05) is 36.4 Å². The molecule has 1 saturated heterocycles. The molecule has 2 aliphatic heterocycles. The van der Waals surface area contributed by atoms with Crippen LogP contribution in [0.5, 0.6) is 0 Å². The Labute approximate surface area is 120 Å². The van der Waals surface area contributed by atoms with Crippen molar-refractivity contribution in [2.24, 2.45) is 0 Å². The normalized spacial score (nSPS) is 21.9. The fourth-order valence-electron chi connectivity index (χ4n) is 2.33. The van der Waals surface area contributed by atoms with Gasteiger partial charge >= 0.3 is 5.97 Å². The van der Waals surface area contributed by atoms with Crippen LogP contribution < -0.4 is 0 Å². The van der Waals surface area contributed by atoms with Crippen LogP contribution in [0.25, 0.3) is 6.08 Å². The zero-order valence-corrected chi connectivity index (χ0v) is 11.5. The monoisotopic (exact) mass is 287 g/mol. The Kier molecular flexibility index (Phi) is 3.36. The van der Waals surface area contributed by atoms with Crippen LogP contribution in [0, 0.1) is 0 Å². The van der Waals surface area contributed by atoms with Gasteiger partial charge in [0.2, 0.25) is 5.91 Å². The van der Waals surface area contributed by atoms with Crippen molar-refractivity contribution in [3.8, 4) is 0 Å². The molecule has 20 heavy (non-hydrogen) atoms. The molecule has 3 rings (SSSR count). The number of carbonyl (C=O) groups is 2. The molecule has 1 amide bonds. The topological polar surface area (TPSA) is 57.6 Å². The van der Waals surface area contributed by atoms with Crippen LogP contribution in [0.4, 0.5) is 0 Å². The Morgan fingerprint density at radius 2 is 2.05 bits per heavy atom. The number of aliphatic carboxylic acids is 1. The van der Waals surface area contributed by atoms with Gasteiger partial charge in [0, 0.05) is 5.75 Å². The van der Waals surface area contributed by atoms with E-state index in [0.717, 1.165) is 5.56 Å². The van der Waals surface area contributed by atoms with Gasteiger partial charge in [-0.15, -0.1) is 11.8 Å². The fraction of sp³-hybridized carbons (Fsp3) is 0.200. The molecular formula is C15H13NO3S. The highest BCUT2D eigenvalue weighted by atomic mass is 32.2. The zero-order valence-electron chi connectivity index (χ0n) is 10.7. The second-order valence-electron chi connectivity index (χ2n) is 4.66. The molecule has 1 fully saturated rings. The minimum absolute atomic E-state index is 0.00229. The predicted octanol–water partition coefficient (Wildman–Crippen LogP) is 2.34. The minimum Gasteiger partial charge on any atom is -0.477 e. The lowest BCUT2D eigenvalue weighted by Gasteiger charge is -2.43. The first-order valence-corrected chi connectivity index (χ1v) is 7.35. The molecule has 0 radical (unpaired) electrons. The number of amides is 1. The molecule has 1 aromatic rings. The van der Waals surface area contributed by atoms with Crippen molar-refractivity contribution in [3.05, 3.63) is 53.2 Å². The first-order chi connectivity index (χ1) is 9.66. The number of β-lactam (4-membered cyclic amide) rings is 1. The Morgan fingerprint density at radius 1 is 1.30 bits per heavy atom. The minimum atomic E-state index is -1.03. The first-order valence-electron chi connectivity index (χ1n) is 6.30. The summed E-state index contributed by atoms with van der Waals surface area (Å²) in [6, 6.07) is 9.68. The van der Waals surface area contributed by atoms with Gasteiger partial charge in [-0.1, -0.05) is 42.5 Å². The van der Waals surface area contributed by atoms with Gasteiger partial charge in [-0.2, -0.15) is 0 Å². The number of carboxylic acid groups (broad SMARTS) is 1. The summed E-state index contributed by atoms with van der Waals surface area (Å²) >= 11 is 1.61. The number of thioether (sulfide) groups is 1. The number of carbonyl (C=O) groups excluding carboxylic acids is 1. The molecule has 102 valence electrons. The lowest BCUT2D eigenvalue weighted by Crippen LogP contribution is -2.53. The quantitative estimate of drug-likeness (QED) is 0.867. The van der Waals surface area contributed by atoms with E-state index in [4.69, 9.17) is 0 Å². The summed E-state index contributed by atoms with van der Waals surface area (Å²) < 4.78 is 0. The van der Waals surface area contributed by atoms with E-state index < -0.39 is 5.97 Å². The summed E-state index contributed by atoms with van der Waals surface area (Å²) in [7, 11) is 0. The molecule has 2 heterocycles. The summed E-state index contributed by atoms with van der Waals surface area (Å²) in [5, 5.41) is 9.35. The third-order valence-corrected chi connectivity index (χ3v) is 4.60. The van der Waals surface area contributed by atoms with Crippen LogP contribution in [0.2, 0.25) is 0 Å². The summed E-state index contributed by atoms with van der Waals surface area (Å²) in [5.74, 6) is -0.513. The van der Waals surface area contributed by atoms with E-state index in [1.165, 1.54) is 4.90 Å². The maximum atomic E-state index is 11.6. The number of benzene rings is 1. The molecule has 0 saturated carbocycles. The van der Waals surface area contributed by atoms with Crippen molar-refractivity contribution in [1.82, 2.24) is 4.90 Å². The van der Waals surface area contributed by atoms with Crippen molar-refractivity contribution in [2.75, 3.05) is 5.75 Å². The standard InChI is InChI=1S/C15H13NO3S/c17-12-8-13-16(12)14(15(18)19)11(9-20-13)7-6-10-4-2-1-3-5-10/h1-7,13H,8-9H2,(H,18,19). The van der Waals surface area contributed by atoms with Crippen LogP contribution >= 0.6 is 11.8 Å². The molecule has 1 atom stereocenters. The molecule has 0 aromatic heterocycles. The maximum Gasteiger partial charge on any atom is 0.352 e. The summed E-state index contributed by atoms with van der Waals surface area (Å²) in [5.41, 5.74) is 1.83. The number of allylic oxidation sites excluding steroid dienone is 1. The average Bonchev–Trinajstić information content (AvgIpc) is 2.45. The molecule has 4 nitrogen and oxygen atoms in total. The van der Waals surface area contributed by atoms with Crippen molar-refractivity contribution in [2.45, 2.75) is 11.8 Å². The molecule has 0 bridgehead atoms. The van der Waals surface area contributed by atoms with Gasteiger partial charge in [-0.25, -0.2) is 4.79 Å². The van der Waals surface area contributed by atoms with Crippen molar-refractivity contribution in [3.63, 3.8) is 0 Å². The van der Waals surface area contributed by atoms with Gasteiger partial charge < -0.3 is 5.11 Å². The summed E-state index contributed by atoms with van der Waals surface area (Å²) in [6.07, 6.45) is 4.12. The molecule has 0 spiro atoms. The molecule has 2 aliphatic rings. The predicted molar refractivity (Wildman–Crippen MR) is 77.8 cm³/mol. The number of nitrogens with zero attached hydrogens (tertiary/aromatic N) is 1. The van der Waals surface area contributed by atoms with Crippen LogP contribution in [0.1, 0.15) is 12.0 Å². The van der Waals surface area contributed by atoms with Gasteiger partial charge in [-0.3, -0.25) is 9.69 Å². The third kappa shape index (κ3) is 2.25. The van der Waals surface area contributed by atoms with Crippen LogP contribution in [-0.4, -0.2) is 33.0 Å². The molecule has 1 unspecified atom stereocenters. The highest BCUT2D eigenvalue weighted by Gasteiger charge is 2.44. The van der Waals surface area contributed by atoms with E-state index >= 15 is 0 Å². The van der Waals surface area contributed by atoms with Crippen molar-refractivity contribution >= 4 is 29.7 Å². The third-order valence-electron chi connectivity index (χ3n) is 3.36. The maximum absolute atomic E-state index is 11.6. The highest BCUT2D eigenvalue weighted by Crippen LogP contribution is 2.40. The van der Waals surface area contributed by atoms with E-state index in [-0.39, 0.29) is 17.0 Å². The SMILES string of the molecule is O=C(O)C1=C(C=Cc2ccccc2)CSC2CC(=O)N12. The first kappa shape index (κ1) is 13.0. The highest BCUT2D eigenvalue weighted by molar-refractivity contribution is 8.00.